The summed E-state index contributed by atoms with van der Waals surface area (Å²) in [5.74, 6) is 4.29. The molecule has 3 N–H and O–H groups in total. The van der Waals surface area contributed by atoms with E-state index in [9.17, 15) is 14.4 Å². The largest absolute Gasteiger partial charge is 0.383 e. The van der Waals surface area contributed by atoms with Crippen LogP contribution in [0.2, 0.25) is 0 Å². The van der Waals surface area contributed by atoms with Gasteiger partial charge in [0.25, 0.3) is 0 Å². The highest BCUT2D eigenvalue weighted by atomic mass is 16.5. The Hall–Kier alpha value is -4.22. The van der Waals surface area contributed by atoms with Crippen LogP contribution in [-0.4, -0.2) is 157 Å². The third-order valence-electron chi connectivity index (χ3n) is 15.5. The number of nitrogens with one attached hydrogen (secondary N) is 3. The molecule has 2 saturated heterocycles. The molecule has 3 fully saturated rings. The van der Waals surface area contributed by atoms with Crippen molar-refractivity contribution < 1.29 is 28.6 Å². The smallest absolute Gasteiger partial charge is 0.139 e. The Morgan fingerprint density at radius 2 is 1.27 bits per heavy atom. The first kappa shape index (κ1) is 80.8. The van der Waals surface area contributed by atoms with E-state index in [1.807, 2.05) is 70.8 Å². The molecule has 0 spiro atoms. The number of pyridine rings is 1. The molecule has 0 aromatic carbocycles. The second-order valence-electron chi connectivity index (χ2n) is 25.2. The number of piperazine rings is 1. The van der Waals surface area contributed by atoms with E-state index >= 15 is 0 Å². The summed E-state index contributed by atoms with van der Waals surface area (Å²) in [6, 6.07) is 5.32. The quantitative estimate of drug-likeness (QED) is 0.103. The van der Waals surface area contributed by atoms with Crippen LogP contribution in [0.5, 0.6) is 0 Å². The SMILES string of the molecule is C.CC(C)C(=O)CC1CCCCC1.CC(C)C(=O)CCc1cccnc1.CC(C)C(=O)Cc1cn[nH]c1.CC(C)C1=CCNCC1.CC(C)C1=CCOCC1.CC(C)N1CCNCC1.CC(C)N1CCOCC1.COCCn1cc(C(C)C)cn1. The number of carbonyl (C=O) groups excluding carboxylic acids is 3. The first-order valence-corrected chi connectivity index (χ1v) is 32.4. The van der Waals surface area contributed by atoms with Gasteiger partial charge in [-0.1, -0.05) is 152 Å². The minimum absolute atomic E-state index is 0. The number of hydrogen-bond donors (Lipinski definition) is 3. The van der Waals surface area contributed by atoms with Crippen LogP contribution in [0.3, 0.4) is 0 Å². The van der Waals surface area contributed by atoms with Gasteiger partial charge in [0.1, 0.15) is 17.3 Å². The van der Waals surface area contributed by atoms with Crippen molar-refractivity contribution in [3.8, 4) is 0 Å². The average molecular weight is 1190 g/mol. The van der Waals surface area contributed by atoms with Crippen LogP contribution in [0.15, 0.2) is 72.6 Å². The van der Waals surface area contributed by atoms with Crippen molar-refractivity contribution in [1.29, 1.82) is 0 Å². The monoisotopic (exact) mass is 1190 g/mol. The van der Waals surface area contributed by atoms with Gasteiger partial charge in [-0.05, 0) is 99.9 Å². The zero-order valence-electron chi connectivity index (χ0n) is 56.3. The zero-order valence-corrected chi connectivity index (χ0v) is 56.3. The Labute approximate surface area is 519 Å². The maximum Gasteiger partial charge on any atom is 0.139 e. The van der Waals surface area contributed by atoms with E-state index < -0.39 is 0 Å². The first-order valence-electron chi connectivity index (χ1n) is 32.4. The summed E-state index contributed by atoms with van der Waals surface area (Å²) in [7, 11) is 1.70. The van der Waals surface area contributed by atoms with E-state index in [0.717, 1.165) is 115 Å². The number of Topliss-reactive ketones (excluding diaryl/α,β-unsaturated/α-hetero) is 3. The molecule has 3 aromatic heterocycles. The Morgan fingerprint density at radius 3 is 1.69 bits per heavy atom. The highest BCUT2D eigenvalue weighted by molar-refractivity contribution is 5.82. The summed E-state index contributed by atoms with van der Waals surface area (Å²) in [5.41, 5.74) is 6.56. The lowest BCUT2D eigenvalue weighted by Gasteiger charge is -2.30. The van der Waals surface area contributed by atoms with Crippen LogP contribution in [0.1, 0.15) is 199 Å². The highest BCUT2D eigenvalue weighted by Gasteiger charge is 2.19. The number of H-pyrrole nitrogens is 1. The van der Waals surface area contributed by atoms with E-state index in [4.69, 9.17) is 14.2 Å². The molecule has 0 unspecified atom stereocenters. The molecule has 15 heteroatoms. The van der Waals surface area contributed by atoms with Crippen molar-refractivity contribution in [1.82, 2.24) is 45.4 Å². The fraction of sp³-hybridized carbons (Fsp3) is 0.743. The zero-order chi connectivity index (χ0) is 62.7. The van der Waals surface area contributed by atoms with Crippen LogP contribution in [0.4, 0.5) is 0 Å². The lowest BCUT2D eigenvalue weighted by molar-refractivity contribution is -0.123. The number of ketones is 3. The Kier molecular flexibility index (Phi) is 47.3. The molecule has 5 aliphatic rings. The van der Waals surface area contributed by atoms with Gasteiger partial charge in [0.05, 0.1) is 52.0 Å². The predicted molar refractivity (Wildman–Crippen MR) is 356 cm³/mol. The molecule has 15 nitrogen and oxygen atoms in total. The van der Waals surface area contributed by atoms with E-state index in [0.29, 0.717) is 48.2 Å². The summed E-state index contributed by atoms with van der Waals surface area (Å²) in [6.07, 6.45) is 27.3. The van der Waals surface area contributed by atoms with Gasteiger partial charge in [-0.25, -0.2) is 0 Å². The molecule has 1 saturated carbocycles. The molecule has 7 heterocycles. The maximum absolute atomic E-state index is 11.4. The Morgan fingerprint density at radius 1 is 0.659 bits per heavy atom. The van der Waals surface area contributed by atoms with Crippen LogP contribution in [0, 0.1) is 35.5 Å². The molecule has 0 amide bonds. The van der Waals surface area contributed by atoms with Gasteiger partial charge in [0.15, 0.2) is 0 Å². The van der Waals surface area contributed by atoms with Gasteiger partial charge in [-0.15, -0.1) is 0 Å². The van der Waals surface area contributed by atoms with E-state index in [-0.39, 0.29) is 31.0 Å². The van der Waals surface area contributed by atoms with Crippen LogP contribution in [-0.2, 0) is 48.0 Å². The molecule has 1 aliphatic carbocycles. The number of aromatic amines is 1. The third-order valence-corrected chi connectivity index (χ3v) is 15.5. The number of rotatable bonds is 18. The fourth-order valence-corrected chi connectivity index (χ4v) is 9.30. The summed E-state index contributed by atoms with van der Waals surface area (Å²) >= 11 is 0. The molecular weight excluding hydrogens is 1060 g/mol. The molecule has 0 radical (unpaired) electrons. The van der Waals surface area contributed by atoms with Crippen molar-refractivity contribution in [2.45, 2.75) is 213 Å². The van der Waals surface area contributed by atoms with Gasteiger partial charge in [-0.2, -0.15) is 10.2 Å². The number of methoxy groups -OCH3 is 1. The summed E-state index contributed by atoms with van der Waals surface area (Å²) < 4.78 is 17.3. The molecule has 85 heavy (non-hydrogen) atoms. The lowest BCUT2D eigenvalue weighted by Crippen LogP contribution is -2.46. The second kappa shape index (κ2) is 49.7. The Bertz CT molecular complexity index is 2080. The molecule has 0 bridgehead atoms. The van der Waals surface area contributed by atoms with Crippen molar-refractivity contribution in [3.63, 3.8) is 0 Å². The molecule has 488 valence electrons. The minimum Gasteiger partial charge on any atom is -0.383 e. The first-order chi connectivity index (χ1) is 40.0. The number of aryl methyl sites for hydroxylation is 1. The van der Waals surface area contributed by atoms with Gasteiger partial charge in [0.2, 0.25) is 0 Å². The number of hydrogen-bond acceptors (Lipinski definition) is 13. The number of ether oxygens (including phenoxy) is 3. The fourth-order valence-electron chi connectivity index (χ4n) is 9.30. The molecule has 0 atom stereocenters. The van der Waals surface area contributed by atoms with Crippen LogP contribution in [0.25, 0.3) is 0 Å². The number of nitrogens with zero attached hydrogens (tertiary/aromatic N) is 6. The summed E-state index contributed by atoms with van der Waals surface area (Å²) in [4.78, 5) is 42.8. The van der Waals surface area contributed by atoms with E-state index in [1.165, 1.54) is 63.7 Å². The molecule has 3 aromatic rings. The third kappa shape index (κ3) is 40.8. The normalized spacial score (nSPS) is 16.4. The molecule has 4 aliphatic heterocycles. The van der Waals surface area contributed by atoms with Crippen LogP contribution >= 0.6 is 0 Å². The molecular formula is C70H127N9O6. The van der Waals surface area contributed by atoms with Gasteiger partial charge in [-0.3, -0.25) is 38.9 Å². The van der Waals surface area contributed by atoms with Gasteiger partial charge in [0, 0.05) is 127 Å². The lowest BCUT2D eigenvalue weighted by atomic mass is 9.84. The summed E-state index contributed by atoms with van der Waals surface area (Å²) in [5, 5.41) is 17.3. The Balaban J connectivity index is 0.000000951. The molecule has 8 rings (SSSR count). The van der Waals surface area contributed by atoms with Gasteiger partial charge < -0.3 is 24.8 Å². The van der Waals surface area contributed by atoms with Crippen molar-refractivity contribution in [2.24, 2.45) is 35.5 Å². The van der Waals surface area contributed by atoms with E-state index in [2.05, 4.69) is 128 Å². The van der Waals surface area contributed by atoms with E-state index in [1.54, 1.807) is 36.8 Å². The van der Waals surface area contributed by atoms with Gasteiger partial charge >= 0.3 is 0 Å². The second-order valence-corrected chi connectivity index (χ2v) is 25.2. The minimum atomic E-state index is 0. The van der Waals surface area contributed by atoms with Crippen molar-refractivity contribution in [2.75, 3.05) is 92.5 Å². The summed E-state index contributed by atoms with van der Waals surface area (Å²) in [6.45, 7) is 48.3. The van der Waals surface area contributed by atoms with Crippen LogP contribution < -0.4 is 10.6 Å². The predicted octanol–water partition coefficient (Wildman–Crippen LogP) is 13.5. The number of carbonyl (C=O) groups is 3. The van der Waals surface area contributed by atoms with Crippen molar-refractivity contribution in [3.05, 3.63) is 89.3 Å². The maximum atomic E-state index is 11.4. The topological polar surface area (TPSA) is 169 Å². The van der Waals surface area contributed by atoms with Crippen molar-refractivity contribution >= 4 is 17.3 Å². The standard InChI is InChI=1S/C11H15NO.C11H20O.C9H16N2O.C8H12N2O.C8H15N.C8H14O.C7H16N2.C7H15NO.CH4/c1-9(2)11(13)6-5-10-4-3-7-12-8-10;1-9(2)11(12)8-10-6-4-3-5-7-10;1-8(2)9-6-10-11(7-9)4-5-12-3;1-6(2)8(11)3-7-4-9-10-5-7;2*1-7(2)8-3-5-9-6-4-8;1-7(2)9-5-3-8-4-6-9;1-7(2)8-3-5-9-6-4-8;/h3-4,7-9H,5-6H2,1-2H3;9-10H,3-8H2,1-2H3;6-8H,4-5H2,1-3H3;4-6H,3H2,1-2H3,(H,9,10);3,7,9H,4-6H2,1-2H3;3,7H,4-6H2,1-2H3;7-8H,3-6H2,1-2H3;7H,3-6H2,1-2H3;1H4. The highest BCUT2D eigenvalue weighted by Crippen LogP contribution is 2.27. The number of aromatic nitrogens is 5. The average Bonchev–Trinajstić information content (AvgIpc) is 4.25. The number of morpholine rings is 1.